The Morgan fingerprint density at radius 2 is 1.58 bits per heavy atom. The number of imidazole rings is 2. The van der Waals surface area contributed by atoms with E-state index in [1.165, 1.54) is 21.3 Å². The summed E-state index contributed by atoms with van der Waals surface area (Å²) in [5.41, 5.74) is 5.59. The van der Waals surface area contributed by atoms with Gasteiger partial charge in [0.15, 0.2) is 0 Å². The molecule has 2 aromatic heterocycles. The molecule has 17 heteroatoms. The van der Waals surface area contributed by atoms with E-state index in [0.717, 1.165) is 69.3 Å². The number of rotatable bonds is 14. The van der Waals surface area contributed by atoms with E-state index in [4.69, 9.17) is 19.2 Å². The van der Waals surface area contributed by atoms with Crippen LogP contribution >= 0.6 is 0 Å². The maximum atomic E-state index is 13.6. The lowest BCUT2D eigenvalue weighted by Crippen LogP contribution is -2.54. The molecule has 3 heterocycles. The van der Waals surface area contributed by atoms with E-state index in [1.807, 2.05) is 24.4 Å². The Bertz CT molecular complexity index is 2130. The molecular weight excluding hydrogens is 736 g/mol. The smallest absolute Gasteiger partial charge is 0.407 e. The number of nitrogens with zero attached hydrogens (tertiary/aromatic N) is 3. The third kappa shape index (κ3) is 11.3. The van der Waals surface area contributed by atoms with Crippen molar-refractivity contribution in [2.75, 3.05) is 75.0 Å². The number of methoxy groups -OCH3 is 4. The van der Waals surface area contributed by atoms with Gasteiger partial charge in [-0.3, -0.25) is 9.59 Å². The molecule has 5 aromatic rings. The number of benzene rings is 3. The molecule has 1 aliphatic rings. The van der Waals surface area contributed by atoms with Crippen LogP contribution in [-0.2, 0) is 39.7 Å². The summed E-state index contributed by atoms with van der Waals surface area (Å²) in [4.78, 5) is 66.2. The van der Waals surface area contributed by atoms with Crippen LogP contribution < -0.4 is 16.0 Å². The lowest BCUT2D eigenvalue weighted by molar-refractivity contribution is -0.144. The summed E-state index contributed by atoms with van der Waals surface area (Å²) in [6.45, 7) is 1.32. The van der Waals surface area contributed by atoms with Gasteiger partial charge in [0.2, 0.25) is 11.8 Å². The van der Waals surface area contributed by atoms with E-state index < -0.39 is 24.3 Å². The molecule has 0 bridgehead atoms. The van der Waals surface area contributed by atoms with E-state index in [0.29, 0.717) is 25.5 Å². The van der Waals surface area contributed by atoms with Crippen molar-refractivity contribution in [2.45, 2.75) is 31.3 Å². The second-order valence-electron chi connectivity index (χ2n) is 13.2. The second-order valence-corrected chi connectivity index (χ2v) is 13.2. The molecule has 2 unspecified atom stereocenters. The van der Waals surface area contributed by atoms with Crippen molar-refractivity contribution in [3.8, 4) is 22.4 Å². The minimum absolute atomic E-state index is 0.00863. The normalized spacial score (nSPS) is 14.3. The highest BCUT2D eigenvalue weighted by atomic mass is 16.5. The molecule has 0 saturated carbocycles. The standard InChI is InChI=1S/C38H44N8O8.C2H6O/c1-51-21-31(45-38(50)53-3)36(48)46-14-15-54-22-32(46)35-43-28-12-11-26(18-29(28)44-35)24-7-8-25-17-27(10-9-23(25)16-24)30-19-40-33(42-30)6-4-5-13-39-34(47)20-41-37(49)52-2;1-3-2/h7-12,16-19,31-32H,4-6,13-15,20-22H2,1-3H3,(H,39,47)(H,40,42)(H,41,49)(H,43,44)(H,45,50);1-2H3. The van der Waals surface area contributed by atoms with Crippen molar-refractivity contribution in [3.05, 3.63) is 72.4 Å². The van der Waals surface area contributed by atoms with E-state index >= 15 is 0 Å². The molecule has 0 radical (unpaired) electrons. The van der Waals surface area contributed by atoms with Gasteiger partial charge in [0, 0.05) is 46.4 Å². The maximum absolute atomic E-state index is 13.6. The lowest BCUT2D eigenvalue weighted by Gasteiger charge is -2.36. The van der Waals surface area contributed by atoms with Crippen molar-refractivity contribution in [2.24, 2.45) is 0 Å². The molecule has 0 spiro atoms. The molecule has 1 saturated heterocycles. The number of amides is 4. The van der Waals surface area contributed by atoms with E-state index in [2.05, 4.69) is 76.8 Å². The number of alkyl carbamates (subject to hydrolysis) is 2. The van der Waals surface area contributed by atoms with Crippen LogP contribution in [0.5, 0.6) is 0 Å². The number of aromatic nitrogens is 4. The van der Waals surface area contributed by atoms with Crippen molar-refractivity contribution in [1.82, 2.24) is 40.8 Å². The minimum atomic E-state index is -0.921. The fourth-order valence-corrected chi connectivity index (χ4v) is 6.36. The number of carbonyl (C=O) groups excluding carboxylic acids is 4. The molecule has 3 aromatic carbocycles. The van der Waals surface area contributed by atoms with Gasteiger partial charge < -0.3 is 54.5 Å². The Labute approximate surface area is 330 Å². The molecule has 1 fully saturated rings. The third-order valence-corrected chi connectivity index (χ3v) is 9.19. The first-order chi connectivity index (χ1) is 27.7. The molecule has 17 nitrogen and oxygen atoms in total. The van der Waals surface area contributed by atoms with Crippen LogP contribution in [0.25, 0.3) is 44.2 Å². The van der Waals surface area contributed by atoms with Crippen LogP contribution in [0.2, 0.25) is 0 Å². The molecule has 6 rings (SSSR count). The van der Waals surface area contributed by atoms with E-state index in [9.17, 15) is 19.2 Å². The molecule has 5 N–H and O–H groups in total. The Kier molecular flexibility index (Phi) is 15.3. The largest absolute Gasteiger partial charge is 0.453 e. The number of ether oxygens (including phenoxy) is 5. The fourth-order valence-electron chi connectivity index (χ4n) is 6.36. The van der Waals surface area contributed by atoms with Gasteiger partial charge in [0.25, 0.3) is 0 Å². The van der Waals surface area contributed by atoms with Crippen LogP contribution in [0.15, 0.2) is 60.8 Å². The van der Waals surface area contributed by atoms with Crippen LogP contribution in [0, 0.1) is 0 Å². The zero-order chi connectivity index (χ0) is 40.7. The second kappa shape index (κ2) is 20.8. The van der Waals surface area contributed by atoms with Crippen LogP contribution in [-0.4, -0.2) is 130 Å². The molecule has 2 atom stereocenters. The molecule has 57 heavy (non-hydrogen) atoms. The Balaban J connectivity index is 0.00000200. The Morgan fingerprint density at radius 1 is 0.877 bits per heavy atom. The van der Waals surface area contributed by atoms with Gasteiger partial charge >= 0.3 is 12.2 Å². The predicted molar refractivity (Wildman–Crippen MR) is 212 cm³/mol. The van der Waals surface area contributed by atoms with Gasteiger partial charge in [-0.05, 0) is 59.0 Å². The summed E-state index contributed by atoms with van der Waals surface area (Å²) in [6, 6.07) is 17.3. The van der Waals surface area contributed by atoms with Gasteiger partial charge in [0.1, 0.15) is 23.7 Å². The third-order valence-electron chi connectivity index (χ3n) is 9.19. The maximum Gasteiger partial charge on any atom is 0.407 e. The van der Waals surface area contributed by atoms with Crippen molar-refractivity contribution >= 4 is 45.8 Å². The number of hydrogen-bond acceptors (Lipinski definition) is 11. The number of unbranched alkanes of at least 4 members (excludes halogenated alkanes) is 1. The highest BCUT2D eigenvalue weighted by Crippen LogP contribution is 2.31. The fraction of sp³-hybridized carbons (Fsp3) is 0.400. The minimum Gasteiger partial charge on any atom is -0.453 e. The number of morpholine rings is 1. The summed E-state index contributed by atoms with van der Waals surface area (Å²) < 4.78 is 24.4. The van der Waals surface area contributed by atoms with Gasteiger partial charge in [-0.2, -0.15) is 0 Å². The monoisotopic (exact) mass is 786 g/mol. The highest BCUT2D eigenvalue weighted by Gasteiger charge is 2.35. The SMILES string of the molecule is COC.COCC(NC(=O)OC)C(=O)N1CCOCC1c1nc2ccc(-c3ccc4cc(-c5cnc(CCCCNC(=O)CNC(=O)OC)[nH]5)ccc4c3)cc2[nH]1. The molecule has 0 aliphatic carbocycles. The quantitative estimate of drug-likeness (QED) is 0.101. The zero-order valence-corrected chi connectivity index (χ0v) is 32.8. The topological polar surface area (TPSA) is 211 Å². The Hall–Kier alpha value is -6.04. The van der Waals surface area contributed by atoms with Crippen LogP contribution in [0.4, 0.5) is 9.59 Å². The number of hydrogen-bond donors (Lipinski definition) is 5. The number of H-pyrrole nitrogens is 2. The number of carbonyl (C=O) groups is 4. The summed E-state index contributed by atoms with van der Waals surface area (Å²) in [7, 11) is 7.20. The summed E-state index contributed by atoms with van der Waals surface area (Å²) >= 11 is 0. The number of aryl methyl sites for hydroxylation is 1. The first kappa shape index (κ1) is 42.1. The summed E-state index contributed by atoms with van der Waals surface area (Å²) in [5, 5.41) is 9.86. The van der Waals surface area contributed by atoms with Gasteiger partial charge in [-0.15, -0.1) is 0 Å². The molecular formula is C40H50N8O9. The van der Waals surface area contributed by atoms with E-state index in [-0.39, 0.29) is 31.6 Å². The number of aromatic amines is 2. The molecule has 304 valence electrons. The van der Waals surface area contributed by atoms with E-state index in [1.54, 1.807) is 19.1 Å². The highest BCUT2D eigenvalue weighted by molar-refractivity contribution is 5.92. The van der Waals surface area contributed by atoms with Gasteiger partial charge in [-0.1, -0.05) is 30.3 Å². The summed E-state index contributed by atoms with van der Waals surface area (Å²) in [6.07, 6.45) is 2.83. The van der Waals surface area contributed by atoms with Gasteiger partial charge in [-0.25, -0.2) is 19.6 Å². The van der Waals surface area contributed by atoms with Gasteiger partial charge in [0.05, 0.1) is 63.5 Å². The lowest BCUT2D eigenvalue weighted by atomic mass is 9.99. The number of nitrogens with one attached hydrogen (secondary N) is 5. The Morgan fingerprint density at radius 3 is 2.32 bits per heavy atom. The molecule has 4 amide bonds. The number of fused-ring (bicyclic) bond motifs is 2. The summed E-state index contributed by atoms with van der Waals surface area (Å²) in [5.74, 6) is 0.884. The zero-order valence-electron chi connectivity index (χ0n) is 32.8. The average molecular weight is 787 g/mol. The molecule has 1 aliphatic heterocycles. The van der Waals surface area contributed by atoms with Crippen LogP contribution in [0.3, 0.4) is 0 Å². The predicted octanol–water partition coefficient (Wildman–Crippen LogP) is 4.10. The van der Waals surface area contributed by atoms with Crippen molar-refractivity contribution in [3.63, 3.8) is 0 Å². The first-order valence-electron chi connectivity index (χ1n) is 18.5. The van der Waals surface area contributed by atoms with Crippen molar-refractivity contribution in [1.29, 1.82) is 0 Å². The first-order valence-corrected chi connectivity index (χ1v) is 18.5. The average Bonchev–Trinajstić information content (AvgIpc) is 3.89. The van der Waals surface area contributed by atoms with Crippen molar-refractivity contribution < 1.29 is 42.9 Å². The van der Waals surface area contributed by atoms with Crippen LogP contribution in [0.1, 0.15) is 30.5 Å².